The standard InChI is InChI=1S/C16H22FNO3/c1-3-12(4-2)9-16(20)18-10-14(19)11-21-15-7-5-13(17)6-8-15/h5-9,14,19H,3-4,10-11H2,1-2H3,(H,18,20). The zero-order valence-electron chi connectivity index (χ0n) is 12.4. The lowest BCUT2D eigenvalue weighted by atomic mass is 10.1. The van der Waals surface area contributed by atoms with Gasteiger partial charge in [-0.1, -0.05) is 19.4 Å². The molecule has 0 fully saturated rings. The third-order valence-corrected chi connectivity index (χ3v) is 3.01. The van der Waals surface area contributed by atoms with Gasteiger partial charge in [0.1, 0.15) is 24.3 Å². The third kappa shape index (κ3) is 6.90. The van der Waals surface area contributed by atoms with E-state index in [1.165, 1.54) is 24.3 Å². The van der Waals surface area contributed by atoms with Gasteiger partial charge in [0.25, 0.3) is 0 Å². The fourth-order valence-electron chi connectivity index (χ4n) is 1.69. The summed E-state index contributed by atoms with van der Waals surface area (Å²) < 4.78 is 18.0. The molecule has 0 spiro atoms. The van der Waals surface area contributed by atoms with Crippen molar-refractivity contribution < 1.29 is 19.0 Å². The molecule has 116 valence electrons. The maximum Gasteiger partial charge on any atom is 0.244 e. The lowest BCUT2D eigenvalue weighted by Crippen LogP contribution is -2.34. The molecule has 1 aromatic carbocycles. The lowest BCUT2D eigenvalue weighted by molar-refractivity contribution is -0.117. The maximum absolute atomic E-state index is 12.7. The summed E-state index contributed by atoms with van der Waals surface area (Å²) in [7, 11) is 0. The second-order valence-corrected chi connectivity index (χ2v) is 4.67. The zero-order chi connectivity index (χ0) is 15.7. The van der Waals surface area contributed by atoms with Crippen LogP contribution in [0.1, 0.15) is 26.7 Å². The first-order chi connectivity index (χ1) is 10.0. The summed E-state index contributed by atoms with van der Waals surface area (Å²) >= 11 is 0. The predicted octanol–water partition coefficient (Wildman–Crippen LogP) is 2.43. The Kier molecular flexibility index (Phi) is 7.46. The van der Waals surface area contributed by atoms with E-state index in [-0.39, 0.29) is 24.9 Å². The normalized spacial score (nSPS) is 11.6. The van der Waals surface area contributed by atoms with E-state index in [9.17, 15) is 14.3 Å². The van der Waals surface area contributed by atoms with Gasteiger partial charge in [-0.25, -0.2) is 4.39 Å². The highest BCUT2D eigenvalue weighted by atomic mass is 19.1. The van der Waals surface area contributed by atoms with E-state index in [1.54, 1.807) is 6.08 Å². The minimum absolute atomic E-state index is 0.0318. The molecule has 0 aliphatic carbocycles. The highest BCUT2D eigenvalue weighted by Crippen LogP contribution is 2.11. The van der Waals surface area contributed by atoms with Crippen LogP contribution in [0.3, 0.4) is 0 Å². The number of nitrogens with one attached hydrogen (secondary N) is 1. The molecule has 0 bridgehead atoms. The van der Waals surface area contributed by atoms with E-state index >= 15 is 0 Å². The Morgan fingerprint density at radius 1 is 1.33 bits per heavy atom. The first kappa shape index (κ1) is 17.2. The molecule has 1 unspecified atom stereocenters. The van der Waals surface area contributed by atoms with Gasteiger partial charge in [-0.15, -0.1) is 0 Å². The minimum Gasteiger partial charge on any atom is -0.491 e. The summed E-state index contributed by atoms with van der Waals surface area (Å²) in [5.74, 6) is -0.0833. The van der Waals surface area contributed by atoms with Crippen molar-refractivity contribution in [1.82, 2.24) is 5.32 Å². The number of allylic oxidation sites excluding steroid dienone is 1. The third-order valence-electron chi connectivity index (χ3n) is 3.01. The number of carbonyl (C=O) groups excluding carboxylic acids is 1. The van der Waals surface area contributed by atoms with E-state index < -0.39 is 6.10 Å². The van der Waals surface area contributed by atoms with Crippen LogP contribution >= 0.6 is 0 Å². The van der Waals surface area contributed by atoms with E-state index in [4.69, 9.17) is 4.74 Å². The Labute approximate surface area is 124 Å². The molecule has 1 amide bonds. The van der Waals surface area contributed by atoms with Gasteiger partial charge < -0.3 is 15.2 Å². The predicted molar refractivity (Wildman–Crippen MR) is 79.6 cm³/mol. The fraction of sp³-hybridized carbons (Fsp3) is 0.438. The number of amides is 1. The fourth-order valence-corrected chi connectivity index (χ4v) is 1.69. The minimum atomic E-state index is -0.820. The Bertz CT molecular complexity index is 465. The SMILES string of the molecule is CCC(=CC(=O)NCC(O)COc1ccc(F)cc1)CC. The monoisotopic (exact) mass is 295 g/mol. The number of ether oxygens (including phenoxy) is 1. The van der Waals surface area contributed by atoms with Crippen molar-refractivity contribution in [1.29, 1.82) is 0 Å². The number of halogens is 1. The molecule has 4 nitrogen and oxygen atoms in total. The van der Waals surface area contributed by atoms with Gasteiger partial charge >= 0.3 is 0 Å². The Morgan fingerprint density at radius 2 is 1.95 bits per heavy atom. The second kappa shape index (κ2) is 9.13. The van der Waals surface area contributed by atoms with Crippen LogP contribution in [-0.2, 0) is 4.79 Å². The number of aliphatic hydroxyl groups excluding tert-OH is 1. The Hall–Kier alpha value is -1.88. The van der Waals surface area contributed by atoms with Crippen molar-refractivity contribution in [2.45, 2.75) is 32.8 Å². The van der Waals surface area contributed by atoms with E-state index in [0.717, 1.165) is 18.4 Å². The first-order valence-corrected chi connectivity index (χ1v) is 7.08. The molecule has 0 aliphatic rings. The van der Waals surface area contributed by atoms with Crippen molar-refractivity contribution in [3.63, 3.8) is 0 Å². The van der Waals surface area contributed by atoms with Crippen LogP contribution in [0.15, 0.2) is 35.9 Å². The van der Waals surface area contributed by atoms with Crippen molar-refractivity contribution in [2.24, 2.45) is 0 Å². The maximum atomic E-state index is 12.7. The first-order valence-electron chi connectivity index (χ1n) is 7.08. The molecular weight excluding hydrogens is 273 g/mol. The van der Waals surface area contributed by atoms with Crippen LogP contribution in [0.25, 0.3) is 0 Å². The highest BCUT2D eigenvalue weighted by Gasteiger charge is 2.07. The molecule has 0 saturated heterocycles. The molecule has 0 radical (unpaired) electrons. The number of hydrogen-bond acceptors (Lipinski definition) is 3. The molecule has 1 atom stereocenters. The van der Waals surface area contributed by atoms with Crippen molar-refractivity contribution >= 4 is 5.91 Å². The summed E-state index contributed by atoms with van der Waals surface area (Å²) in [6.45, 7) is 4.13. The van der Waals surface area contributed by atoms with Gasteiger partial charge in [-0.05, 0) is 37.1 Å². The molecular formula is C16H22FNO3. The highest BCUT2D eigenvalue weighted by molar-refractivity contribution is 5.88. The van der Waals surface area contributed by atoms with Gasteiger partial charge in [0, 0.05) is 12.6 Å². The second-order valence-electron chi connectivity index (χ2n) is 4.67. The van der Waals surface area contributed by atoms with Crippen LogP contribution in [0.2, 0.25) is 0 Å². The topological polar surface area (TPSA) is 58.6 Å². The Morgan fingerprint density at radius 3 is 2.52 bits per heavy atom. The van der Waals surface area contributed by atoms with Crippen LogP contribution in [0, 0.1) is 5.82 Å². The molecule has 0 aliphatic heterocycles. The number of benzene rings is 1. The van der Waals surface area contributed by atoms with Crippen LogP contribution in [0.5, 0.6) is 5.75 Å². The molecule has 2 N–H and O–H groups in total. The smallest absolute Gasteiger partial charge is 0.244 e. The van der Waals surface area contributed by atoms with Gasteiger partial charge in [-0.3, -0.25) is 4.79 Å². The summed E-state index contributed by atoms with van der Waals surface area (Å²) in [5, 5.41) is 12.3. The van der Waals surface area contributed by atoms with Gasteiger partial charge in [-0.2, -0.15) is 0 Å². The molecule has 0 aromatic heterocycles. The van der Waals surface area contributed by atoms with Crippen molar-refractivity contribution in [3.05, 3.63) is 41.7 Å². The van der Waals surface area contributed by atoms with E-state index in [2.05, 4.69) is 5.32 Å². The molecule has 1 aromatic rings. The zero-order valence-corrected chi connectivity index (χ0v) is 12.4. The number of aliphatic hydroxyl groups is 1. The quantitative estimate of drug-likeness (QED) is 0.724. The molecule has 5 heteroatoms. The largest absolute Gasteiger partial charge is 0.491 e. The van der Waals surface area contributed by atoms with Crippen molar-refractivity contribution in [3.8, 4) is 5.75 Å². The molecule has 1 rings (SSSR count). The molecule has 21 heavy (non-hydrogen) atoms. The summed E-state index contributed by atoms with van der Waals surface area (Å²) in [5.41, 5.74) is 1.06. The average molecular weight is 295 g/mol. The van der Waals surface area contributed by atoms with Crippen molar-refractivity contribution in [2.75, 3.05) is 13.2 Å². The Balaban J connectivity index is 2.30. The molecule has 0 heterocycles. The summed E-state index contributed by atoms with van der Waals surface area (Å²) in [4.78, 5) is 11.6. The van der Waals surface area contributed by atoms with Gasteiger partial charge in [0.05, 0.1) is 0 Å². The van der Waals surface area contributed by atoms with Gasteiger partial charge in [0.15, 0.2) is 0 Å². The van der Waals surface area contributed by atoms with Gasteiger partial charge in [0.2, 0.25) is 5.91 Å². The van der Waals surface area contributed by atoms with Crippen LogP contribution in [0.4, 0.5) is 4.39 Å². The number of hydrogen-bond donors (Lipinski definition) is 2. The van der Waals surface area contributed by atoms with Crippen LogP contribution in [-0.4, -0.2) is 30.3 Å². The molecule has 0 saturated carbocycles. The number of rotatable bonds is 8. The number of carbonyl (C=O) groups is 1. The average Bonchev–Trinajstić information content (AvgIpc) is 2.50. The summed E-state index contributed by atoms with van der Waals surface area (Å²) in [6, 6.07) is 5.53. The van der Waals surface area contributed by atoms with Crippen LogP contribution < -0.4 is 10.1 Å². The summed E-state index contributed by atoms with van der Waals surface area (Å²) in [6.07, 6.45) is 2.41. The lowest BCUT2D eigenvalue weighted by Gasteiger charge is -2.13. The van der Waals surface area contributed by atoms with E-state index in [1.807, 2.05) is 13.8 Å². The van der Waals surface area contributed by atoms with E-state index in [0.29, 0.717) is 5.75 Å².